The van der Waals surface area contributed by atoms with E-state index in [1.165, 1.54) is 12.1 Å². The fourth-order valence-electron chi connectivity index (χ4n) is 2.49. The van der Waals surface area contributed by atoms with E-state index in [0.717, 1.165) is 13.1 Å². The lowest BCUT2D eigenvalue weighted by molar-refractivity contribution is 0.0692. The number of piperazine rings is 1. The van der Waals surface area contributed by atoms with Gasteiger partial charge in [-0.1, -0.05) is 0 Å². The van der Waals surface area contributed by atoms with Gasteiger partial charge in [-0.2, -0.15) is 0 Å². The number of halogens is 1. The molecule has 2 heterocycles. The molecule has 22 heavy (non-hydrogen) atoms. The van der Waals surface area contributed by atoms with Gasteiger partial charge in [0.1, 0.15) is 5.82 Å². The van der Waals surface area contributed by atoms with E-state index >= 15 is 0 Å². The largest absolute Gasteiger partial charge is 0.478 e. The van der Waals surface area contributed by atoms with E-state index in [-0.39, 0.29) is 5.56 Å². The van der Waals surface area contributed by atoms with Crippen LogP contribution in [0.25, 0.3) is 0 Å². The second-order valence-electron chi connectivity index (χ2n) is 4.99. The minimum Gasteiger partial charge on any atom is -0.478 e. The van der Waals surface area contributed by atoms with Gasteiger partial charge in [-0.3, -0.25) is 0 Å². The maximum Gasteiger partial charge on any atom is 0.338 e. The number of benzene rings is 1. The zero-order valence-corrected chi connectivity index (χ0v) is 11.8. The van der Waals surface area contributed by atoms with Crippen molar-refractivity contribution in [3.05, 3.63) is 48.0 Å². The maximum atomic E-state index is 13.8. The molecule has 1 saturated heterocycles. The molecule has 0 atom stereocenters. The van der Waals surface area contributed by atoms with Crippen LogP contribution in [0.2, 0.25) is 0 Å². The summed E-state index contributed by atoms with van der Waals surface area (Å²) in [5, 5.41) is 8.85. The Hall–Kier alpha value is -2.70. The van der Waals surface area contributed by atoms with Gasteiger partial charge in [0, 0.05) is 44.3 Å². The van der Waals surface area contributed by atoms with Crippen LogP contribution >= 0.6 is 0 Å². The molecule has 114 valence electrons. The monoisotopic (exact) mass is 302 g/mol. The molecular formula is C15H15FN4O2. The summed E-state index contributed by atoms with van der Waals surface area (Å²) < 4.78 is 13.8. The van der Waals surface area contributed by atoms with Crippen molar-refractivity contribution in [2.75, 3.05) is 36.0 Å². The number of rotatable bonds is 3. The fourth-order valence-corrected chi connectivity index (χ4v) is 2.49. The van der Waals surface area contributed by atoms with Gasteiger partial charge in [0.25, 0.3) is 0 Å². The van der Waals surface area contributed by atoms with E-state index in [1.807, 2.05) is 4.90 Å². The highest BCUT2D eigenvalue weighted by Crippen LogP contribution is 2.21. The Kier molecular flexibility index (Phi) is 3.86. The average molecular weight is 302 g/mol. The van der Waals surface area contributed by atoms with Crippen LogP contribution in [0.15, 0.2) is 36.7 Å². The second-order valence-corrected chi connectivity index (χ2v) is 4.99. The molecule has 1 aliphatic heterocycles. The molecule has 1 aromatic heterocycles. The standard InChI is InChI=1S/C15H15FN4O2/c16-13-10-11(2-3-12(13)14(21)22)19-6-8-20(9-7-19)15-17-4-1-5-18-15/h1-5,10H,6-9H2,(H,21,22). The van der Waals surface area contributed by atoms with Crippen LogP contribution in [0.4, 0.5) is 16.0 Å². The van der Waals surface area contributed by atoms with E-state index in [9.17, 15) is 9.18 Å². The Labute approximate surface area is 126 Å². The highest BCUT2D eigenvalue weighted by atomic mass is 19.1. The Bertz CT molecular complexity index is 672. The number of carboxylic acid groups (broad SMARTS) is 1. The highest BCUT2D eigenvalue weighted by molar-refractivity contribution is 5.88. The Morgan fingerprint density at radius 1 is 1.09 bits per heavy atom. The van der Waals surface area contributed by atoms with Gasteiger partial charge < -0.3 is 14.9 Å². The summed E-state index contributed by atoms with van der Waals surface area (Å²) in [5.74, 6) is -1.27. The van der Waals surface area contributed by atoms with Crippen molar-refractivity contribution in [1.82, 2.24) is 9.97 Å². The third kappa shape index (κ3) is 2.83. The topological polar surface area (TPSA) is 69.6 Å². The lowest BCUT2D eigenvalue weighted by Gasteiger charge is -2.36. The molecule has 0 unspecified atom stereocenters. The van der Waals surface area contributed by atoms with Crippen LogP contribution < -0.4 is 9.80 Å². The van der Waals surface area contributed by atoms with Crippen molar-refractivity contribution in [3.8, 4) is 0 Å². The van der Waals surface area contributed by atoms with Crippen molar-refractivity contribution in [1.29, 1.82) is 0 Å². The first-order chi connectivity index (χ1) is 10.6. The Morgan fingerprint density at radius 3 is 2.32 bits per heavy atom. The molecule has 2 aromatic rings. The van der Waals surface area contributed by atoms with Gasteiger partial charge >= 0.3 is 5.97 Å². The summed E-state index contributed by atoms with van der Waals surface area (Å²) in [4.78, 5) is 23.4. The smallest absolute Gasteiger partial charge is 0.338 e. The number of anilines is 2. The lowest BCUT2D eigenvalue weighted by Crippen LogP contribution is -2.47. The molecule has 0 saturated carbocycles. The summed E-state index contributed by atoms with van der Waals surface area (Å²) in [6.07, 6.45) is 3.41. The molecule has 0 amide bonds. The number of aromatic nitrogens is 2. The van der Waals surface area contributed by atoms with Crippen LogP contribution in [-0.2, 0) is 0 Å². The van der Waals surface area contributed by atoms with Crippen LogP contribution in [0, 0.1) is 5.82 Å². The number of nitrogens with zero attached hydrogens (tertiary/aromatic N) is 4. The highest BCUT2D eigenvalue weighted by Gasteiger charge is 2.20. The molecule has 7 heteroatoms. The van der Waals surface area contributed by atoms with Gasteiger partial charge in [-0.15, -0.1) is 0 Å². The maximum absolute atomic E-state index is 13.8. The van der Waals surface area contributed by atoms with Crippen LogP contribution in [0.3, 0.4) is 0 Å². The first kappa shape index (κ1) is 14.2. The minimum atomic E-state index is -1.25. The number of carboxylic acids is 1. The van der Waals surface area contributed by atoms with Crippen molar-refractivity contribution in [3.63, 3.8) is 0 Å². The summed E-state index contributed by atoms with van der Waals surface area (Å²) in [6.45, 7) is 2.85. The molecule has 0 radical (unpaired) electrons. The second kappa shape index (κ2) is 5.97. The third-order valence-electron chi connectivity index (χ3n) is 3.66. The minimum absolute atomic E-state index is 0.305. The quantitative estimate of drug-likeness (QED) is 0.929. The SMILES string of the molecule is O=C(O)c1ccc(N2CCN(c3ncccn3)CC2)cc1F. The summed E-state index contributed by atoms with van der Waals surface area (Å²) in [7, 11) is 0. The van der Waals surface area contributed by atoms with E-state index in [1.54, 1.807) is 24.5 Å². The van der Waals surface area contributed by atoms with Crippen molar-refractivity contribution < 1.29 is 14.3 Å². The molecule has 1 fully saturated rings. The Balaban J connectivity index is 1.69. The first-order valence-electron chi connectivity index (χ1n) is 6.95. The van der Waals surface area contributed by atoms with Crippen LogP contribution in [0.1, 0.15) is 10.4 Å². The number of carbonyl (C=O) groups is 1. The summed E-state index contributed by atoms with van der Waals surface area (Å²) >= 11 is 0. The summed E-state index contributed by atoms with van der Waals surface area (Å²) in [5.41, 5.74) is 0.385. The predicted molar refractivity (Wildman–Crippen MR) is 79.8 cm³/mol. The average Bonchev–Trinajstić information content (AvgIpc) is 2.55. The van der Waals surface area contributed by atoms with Gasteiger partial charge in [0.15, 0.2) is 0 Å². The molecule has 0 aliphatic carbocycles. The summed E-state index contributed by atoms with van der Waals surface area (Å²) in [6, 6.07) is 5.99. The fraction of sp³-hybridized carbons (Fsp3) is 0.267. The molecule has 1 aliphatic rings. The first-order valence-corrected chi connectivity index (χ1v) is 6.95. The molecule has 0 bridgehead atoms. The number of hydrogen-bond donors (Lipinski definition) is 1. The van der Waals surface area contributed by atoms with Crippen LogP contribution in [0.5, 0.6) is 0 Å². The van der Waals surface area contributed by atoms with Crippen molar-refractivity contribution in [2.24, 2.45) is 0 Å². The zero-order chi connectivity index (χ0) is 15.5. The van der Waals surface area contributed by atoms with E-state index in [4.69, 9.17) is 5.11 Å². The molecule has 1 aromatic carbocycles. The molecular weight excluding hydrogens is 287 g/mol. The molecule has 6 nitrogen and oxygen atoms in total. The Morgan fingerprint density at radius 2 is 1.73 bits per heavy atom. The third-order valence-corrected chi connectivity index (χ3v) is 3.66. The van der Waals surface area contributed by atoms with E-state index in [0.29, 0.717) is 24.7 Å². The number of hydrogen-bond acceptors (Lipinski definition) is 5. The van der Waals surface area contributed by atoms with Gasteiger partial charge in [0.05, 0.1) is 5.56 Å². The zero-order valence-electron chi connectivity index (χ0n) is 11.8. The van der Waals surface area contributed by atoms with E-state index in [2.05, 4.69) is 14.9 Å². The number of aromatic carboxylic acids is 1. The van der Waals surface area contributed by atoms with Crippen LogP contribution in [-0.4, -0.2) is 47.2 Å². The molecule has 3 rings (SSSR count). The van der Waals surface area contributed by atoms with Gasteiger partial charge in [-0.25, -0.2) is 19.2 Å². The lowest BCUT2D eigenvalue weighted by atomic mass is 10.1. The van der Waals surface area contributed by atoms with E-state index < -0.39 is 11.8 Å². The van der Waals surface area contributed by atoms with Gasteiger partial charge in [0.2, 0.25) is 5.95 Å². The normalized spacial score (nSPS) is 15.0. The van der Waals surface area contributed by atoms with Crippen molar-refractivity contribution in [2.45, 2.75) is 0 Å². The van der Waals surface area contributed by atoms with Gasteiger partial charge in [-0.05, 0) is 24.3 Å². The molecule has 0 spiro atoms. The molecule has 1 N–H and O–H groups in total. The van der Waals surface area contributed by atoms with Crippen molar-refractivity contribution >= 4 is 17.6 Å². The predicted octanol–water partition coefficient (Wildman–Crippen LogP) is 1.64.